The van der Waals surface area contributed by atoms with Gasteiger partial charge in [-0.2, -0.15) is 0 Å². The Morgan fingerprint density at radius 1 is 1.20 bits per heavy atom. The van der Waals surface area contributed by atoms with Gasteiger partial charge in [-0.25, -0.2) is 0 Å². The van der Waals surface area contributed by atoms with Crippen LogP contribution in [0, 0.1) is 0 Å². The molecule has 5 heavy (non-hydrogen) atoms. The predicted octanol–water partition coefficient (Wildman–Crippen LogP) is 0.403. The Kier molecular flexibility index (Phi) is 9.75. The quantitative estimate of drug-likeness (QED) is 0.592. The van der Waals surface area contributed by atoms with Crippen molar-refractivity contribution >= 4 is 32.3 Å². The molecule has 0 aliphatic rings. The zero-order valence-corrected chi connectivity index (χ0v) is 12.2. The van der Waals surface area contributed by atoms with E-state index in [1.165, 1.54) is 0 Å². The van der Waals surface area contributed by atoms with Crippen LogP contribution in [0.3, 0.4) is 0 Å². The van der Waals surface area contributed by atoms with Crippen molar-refractivity contribution in [2.45, 2.75) is 9.94 Å². The van der Waals surface area contributed by atoms with E-state index in [4.69, 9.17) is 0 Å². The Morgan fingerprint density at radius 2 is 1.60 bits per heavy atom. The van der Waals surface area contributed by atoms with Gasteiger partial charge in [-0.15, -0.1) is 0 Å². The number of hydrogen-bond acceptors (Lipinski definition) is 0. The zero-order valence-electron chi connectivity index (χ0n) is 3.52. The molecular weight excluding hydrogens is 392 g/mol. The molecule has 0 amide bonds. The van der Waals surface area contributed by atoms with E-state index >= 15 is 0 Å². The van der Waals surface area contributed by atoms with Gasteiger partial charge in [0.2, 0.25) is 0 Å². The van der Waals surface area contributed by atoms with Crippen molar-refractivity contribution in [3.8, 4) is 0 Å². The zero-order chi connectivity index (χ0) is 4.12. The standard InChI is InChI=1S/2CH4Te.Cd/c2*1-2;/h2*2H,1H3;/q;;+2/p-2. The summed E-state index contributed by atoms with van der Waals surface area (Å²) < 4.78 is 0. The van der Waals surface area contributed by atoms with E-state index in [0.29, 0.717) is 0 Å². The molecule has 0 saturated heterocycles. The Balaban J connectivity index is 2.19. The van der Waals surface area contributed by atoms with Crippen LogP contribution in [-0.2, 0) is 15.8 Å². The molecule has 3 heteroatoms. The third kappa shape index (κ3) is 6.50. The van der Waals surface area contributed by atoms with E-state index in [2.05, 4.69) is 9.94 Å². The second kappa shape index (κ2) is 6.50. The number of hydrogen-bond donors (Lipinski definition) is 0. The Hall–Kier alpha value is 2.50. The van der Waals surface area contributed by atoms with Crippen molar-refractivity contribution in [2.24, 2.45) is 0 Å². The Bertz CT molecular complexity index is 15.1. The van der Waals surface area contributed by atoms with Gasteiger partial charge in [0, 0.05) is 0 Å². The van der Waals surface area contributed by atoms with Crippen LogP contribution in [0.2, 0.25) is 9.94 Å². The van der Waals surface area contributed by atoms with Gasteiger partial charge >= 0.3 is 58.0 Å². The molecule has 0 saturated carbocycles. The normalized spacial score (nSPS) is 6.80. The van der Waals surface area contributed by atoms with Crippen molar-refractivity contribution in [1.82, 2.24) is 0 Å². The molecule has 0 rings (SSSR count). The number of rotatable bonds is 2. The van der Waals surface area contributed by atoms with Crippen molar-refractivity contribution in [3.05, 3.63) is 0 Å². The molecule has 0 N–H and O–H groups in total. The average molecular weight is 398 g/mol. The molecular formula is C2H6CdTe2. The van der Waals surface area contributed by atoms with Crippen LogP contribution in [0.4, 0.5) is 0 Å². The van der Waals surface area contributed by atoms with Crippen LogP contribution in [-0.4, -0.2) is 32.3 Å². The predicted molar refractivity (Wildman–Crippen MR) is 23.2 cm³/mol. The maximum atomic E-state index is 2.47. The molecule has 0 fully saturated rings. The molecule has 0 nitrogen and oxygen atoms in total. The molecule has 0 aromatic rings. The summed E-state index contributed by atoms with van der Waals surface area (Å²) in [6.45, 7) is 0. The average Bonchev–Trinajstić information content (AvgIpc) is 1.41. The minimum atomic E-state index is 0.202. The summed E-state index contributed by atoms with van der Waals surface area (Å²) in [4.78, 5) is 4.94. The van der Waals surface area contributed by atoms with E-state index in [1.54, 1.807) is 0 Å². The molecule has 28 valence electrons. The summed E-state index contributed by atoms with van der Waals surface area (Å²) >= 11 is 1.68. The summed E-state index contributed by atoms with van der Waals surface area (Å²) in [6, 6.07) is 0. The minimum absolute atomic E-state index is 0.202. The van der Waals surface area contributed by atoms with E-state index in [9.17, 15) is 0 Å². The summed E-state index contributed by atoms with van der Waals surface area (Å²) in [5, 5.41) is 0. The molecule has 0 spiro atoms. The molecule has 0 aromatic carbocycles. The maximum absolute atomic E-state index is 2.47. The van der Waals surface area contributed by atoms with Gasteiger partial charge in [-0.1, -0.05) is 0 Å². The fourth-order valence-corrected chi connectivity index (χ4v) is 35.6. The summed E-state index contributed by atoms with van der Waals surface area (Å²) in [5.74, 6) is 0. The van der Waals surface area contributed by atoms with Crippen LogP contribution >= 0.6 is 0 Å². The molecule has 0 unspecified atom stereocenters. The van der Waals surface area contributed by atoms with E-state index < -0.39 is 0 Å². The summed E-state index contributed by atoms with van der Waals surface area (Å²) in [7, 11) is 0. The van der Waals surface area contributed by atoms with E-state index in [1.807, 2.05) is 0 Å². The molecule has 0 radical (unpaired) electrons. The Labute approximate surface area is 56.6 Å². The van der Waals surface area contributed by atoms with Gasteiger partial charge in [0.05, 0.1) is 0 Å². The molecule has 0 atom stereocenters. The fraction of sp³-hybridized carbons (Fsp3) is 1.00. The van der Waals surface area contributed by atoms with Gasteiger partial charge in [-0.3, -0.25) is 0 Å². The monoisotopic (exact) mass is 404 g/mol. The van der Waals surface area contributed by atoms with Crippen LogP contribution < -0.4 is 0 Å². The second-order valence-electron chi connectivity index (χ2n) is 0.695. The first kappa shape index (κ1) is 7.50. The van der Waals surface area contributed by atoms with Gasteiger partial charge in [0.25, 0.3) is 0 Å². The van der Waals surface area contributed by atoms with E-state index in [0.717, 1.165) is 32.3 Å². The molecule has 0 aromatic heterocycles. The van der Waals surface area contributed by atoms with Crippen molar-refractivity contribution in [3.63, 3.8) is 0 Å². The van der Waals surface area contributed by atoms with Crippen molar-refractivity contribution < 1.29 is 15.8 Å². The molecule has 0 bridgehead atoms. The van der Waals surface area contributed by atoms with Gasteiger partial charge in [0.1, 0.15) is 0 Å². The summed E-state index contributed by atoms with van der Waals surface area (Å²) in [5.41, 5.74) is 0. The van der Waals surface area contributed by atoms with Crippen LogP contribution in [0.15, 0.2) is 0 Å². The molecule has 0 aliphatic carbocycles. The second-order valence-corrected chi connectivity index (χ2v) is 61.6. The van der Waals surface area contributed by atoms with E-state index in [-0.39, 0.29) is 15.8 Å². The molecule has 0 aliphatic heterocycles. The fourth-order valence-electron chi connectivity index (χ4n) is 0.118. The van der Waals surface area contributed by atoms with Crippen LogP contribution in [0.5, 0.6) is 0 Å². The van der Waals surface area contributed by atoms with Gasteiger partial charge in [-0.05, 0) is 0 Å². The third-order valence-corrected chi connectivity index (χ3v) is 71.2. The van der Waals surface area contributed by atoms with Gasteiger partial charge in [0.15, 0.2) is 0 Å². The Morgan fingerprint density at radius 3 is 1.60 bits per heavy atom. The molecule has 0 heterocycles. The first-order chi connectivity index (χ1) is 2.41. The first-order valence-electron chi connectivity index (χ1n) is 1.39. The van der Waals surface area contributed by atoms with Crippen LogP contribution in [0.25, 0.3) is 0 Å². The van der Waals surface area contributed by atoms with Crippen molar-refractivity contribution in [1.29, 1.82) is 0 Å². The van der Waals surface area contributed by atoms with Crippen LogP contribution in [0.1, 0.15) is 0 Å². The SMILES string of the molecule is C[Te][Cd][Te]C. The first-order valence-corrected chi connectivity index (χ1v) is 31.5. The summed E-state index contributed by atoms with van der Waals surface area (Å²) in [6.07, 6.45) is 0. The topological polar surface area (TPSA) is 0 Å². The van der Waals surface area contributed by atoms with Gasteiger partial charge < -0.3 is 0 Å². The van der Waals surface area contributed by atoms with Crippen molar-refractivity contribution in [2.75, 3.05) is 0 Å². The third-order valence-electron chi connectivity index (χ3n) is 0.236.